The molecular formula is C24H22BrN5O2S. The zero-order chi connectivity index (χ0) is 23.2. The number of hydrogen-bond acceptors (Lipinski definition) is 5. The number of anilines is 1. The van der Waals surface area contributed by atoms with Gasteiger partial charge in [0.15, 0.2) is 11.0 Å². The standard InChI is InChI=1S/C24H22BrN5O2S/c1-2-30-21(14-26-23(32)18-11-5-6-12-19(18)25)28-29-24(30)33-15-22(31)27-20-13-7-9-16-8-3-4-10-17(16)20/h3-13H,2,14-15H2,1H3,(H,26,32)(H,27,31). The van der Waals surface area contributed by atoms with Crippen molar-refractivity contribution >= 4 is 56.0 Å². The molecule has 1 aromatic heterocycles. The molecule has 0 unspecified atom stereocenters. The molecule has 4 rings (SSSR count). The number of fused-ring (bicyclic) bond motifs is 1. The van der Waals surface area contributed by atoms with Crippen molar-refractivity contribution in [3.05, 3.63) is 82.6 Å². The third-order valence-electron chi connectivity index (χ3n) is 5.03. The Kier molecular flexibility index (Phi) is 7.41. The van der Waals surface area contributed by atoms with E-state index in [-0.39, 0.29) is 24.1 Å². The van der Waals surface area contributed by atoms with Crippen LogP contribution in [-0.2, 0) is 17.9 Å². The van der Waals surface area contributed by atoms with Gasteiger partial charge >= 0.3 is 0 Å². The quantitative estimate of drug-likeness (QED) is 0.321. The summed E-state index contributed by atoms with van der Waals surface area (Å²) < 4.78 is 2.63. The molecule has 0 fully saturated rings. The first-order valence-electron chi connectivity index (χ1n) is 10.4. The third-order valence-corrected chi connectivity index (χ3v) is 6.69. The fourth-order valence-corrected chi connectivity index (χ4v) is 4.71. The van der Waals surface area contributed by atoms with E-state index < -0.39 is 0 Å². The van der Waals surface area contributed by atoms with E-state index in [1.165, 1.54) is 11.8 Å². The Morgan fingerprint density at radius 3 is 2.58 bits per heavy atom. The van der Waals surface area contributed by atoms with E-state index in [9.17, 15) is 9.59 Å². The van der Waals surface area contributed by atoms with Gasteiger partial charge in [-0.3, -0.25) is 9.59 Å². The topological polar surface area (TPSA) is 88.9 Å². The predicted octanol–water partition coefficient (Wildman–Crippen LogP) is 4.87. The molecular weight excluding hydrogens is 502 g/mol. The van der Waals surface area contributed by atoms with Crippen molar-refractivity contribution in [3.8, 4) is 0 Å². The number of amides is 2. The number of benzene rings is 3. The van der Waals surface area contributed by atoms with Crippen molar-refractivity contribution in [2.24, 2.45) is 0 Å². The molecule has 0 aliphatic heterocycles. The van der Waals surface area contributed by atoms with Gasteiger partial charge in [0, 0.05) is 22.1 Å². The largest absolute Gasteiger partial charge is 0.345 e. The molecule has 33 heavy (non-hydrogen) atoms. The lowest BCUT2D eigenvalue weighted by Gasteiger charge is -2.10. The highest BCUT2D eigenvalue weighted by atomic mass is 79.9. The molecule has 168 valence electrons. The van der Waals surface area contributed by atoms with Gasteiger partial charge in [-0.05, 0) is 46.4 Å². The Morgan fingerprint density at radius 1 is 1.00 bits per heavy atom. The maximum atomic E-state index is 12.6. The summed E-state index contributed by atoms with van der Waals surface area (Å²) in [5, 5.41) is 17.0. The Bertz CT molecular complexity index is 1300. The Morgan fingerprint density at radius 2 is 1.76 bits per heavy atom. The minimum absolute atomic E-state index is 0.120. The van der Waals surface area contributed by atoms with Gasteiger partial charge in [0.1, 0.15) is 0 Å². The van der Waals surface area contributed by atoms with Crippen LogP contribution in [0.4, 0.5) is 5.69 Å². The van der Waals surface area contributed by atoms with Gasteiger partial charge in [0.2, 0.25) is 5.91 Å². The van der Waals surface area contributed by atoms with Crippen LogP contribution < -0.4 is 10.6 Å². The lowest BCUT2D eigenvalue weighted by molar-refractivity contribution is -0.113. The highest BCUT2D eigenvalue weighted by Gasteiger charge is 2.16. The fraction of sp³-hybridized carbons (Fsp3) is 0.167. The number of carbonyl (C=O) groups excluding carboxylic acids is 2. The van der Waals surface area contributed by atoms with Gasteiger partial charge in [0.05, 0.1) is 17.9 Å². The molecule has 4 aromatic rings. The number of carbonyl (C=O) groups is 2. The van der Waals surface area contributed by atoms with Crippen LogP contribution in [0.25, 0.3) is 10.8 Å². The van der Waals surface area contributed by atoms with Crippen LogP contribution in [0.15, 0.2) is 76.4 Å². The number of aromatic nitrogens is 3. The third kappa shape index (κ3) is 5.43. The van der Waals surface area contributed by atoms with Crippen LogP contribution >= 0.6 is 27.7 Å². The van der Waals surface area contributed by atoms with E-state index in [4.69, 9.17) is 0 Å². The van der Waals surface area contributed by atoms with Gasteiger partial charge in [-0.2, -0.15) is 0 Å². The molecule has 0 aliphatic carbocycles. The van der Waals surface area contributed by atoms with Crippen molar-refractivity contribution in [3.63, 3.8) is 0 Å². The summed E-state index contributed by atoms with van der Waals surface area (Å²) in [7, 11) is 0. The summed E-state index contributed by atoms with van der Waals surface area (Å²) in [4.78, 5) is 25.1. The van der Waals surface area contributed by atoms with E-state index in [2.05, 4.69) is 36.8 Å². The van der Waals surface area contributed by atoms with Gasteiger partial charge < -0.3 is 15.2 Å². The number of nitrogens with zero attached hydrogens (tertiary/aromatic N) is 3. The highest BCUT2D eigenvalue weighted by molar-refractivity contribution is 9.10. The Hall–Kier alpha value is -3.17. The molecule has 0 radical (unpaired) electrons. The number of nitrogens with one attached hydrogen (secondary N) is 2. The summed E-state index contributed by atoms with van der Waals surface area (Å²) in [6, 6.07) is 21.0. The van der Waals surface area contributed by atoms with Crippen LogP contribution in [0.1, 0.15) is 23.1 Å². The minimum atomic E-state index is -0.197. The summed E-state index contributed by atoms with van der Waals surface area (Å²) in [6.45, 7) is 2.84. The van der Waals surface area contributed by atoms with E-state index >= 15 is 0 Å². The summed E-state index contributed by atoms with van der Waals surface area (Å²) in [5.41, 5.74) is 1.34. The fourth-order valence-electron chi connectivity index (χ4n) is 3.42. The van der Waals surface area contributed by atoms with Crippen molar-refractivity contribution < 1.29 is 9.59 Å². The van der Waals surface area contributed by atoms with Gasteiger partial charge in [0.25, 0.3) is 5.91 Å². The monoisotopic (exact) mass is 523 g/mol. The zero-order valence-electron chi connectivity index (χ0n) is 17.9. The van der Waals surface area contributed by atoms with Crippen LogP contribution in [0.3, 0.4) is 0 Å². The molecule has 0 saturated carbocycles. The number of hydrogen-bond donors (Lipinski definition) is 2. The van der Waals surface area contributed by atoms with E-state index in [1.54, 1.807) is 6.07 Å². The average molecular weight is 524 g/mol. The van der Waals surface area contributed by atoms with Gasteiger partial charge in [-0.1, -0.05) is 60.3 Å². The molecule has 0 atom stereocenters. The van der Waals surface area contributed by atoms with Gasteiger partial charge in [-0.25, -0.2) is 0 Å². The molecule has 0 aliphatic rings. The lowest BCUT2D eigenvalue weighted by atomic mass is 10.1. The van der Waals surface area contributed by atoms with Crippen LogP contribution in [0.2, 0.25) is 0 Å². The normalized spacial score (nSPS) is 10.8. The van der Waals surface area contributed by atoms with Crippen molar-refractivity contribution in [2.75, 3.05) is 11.1 Å². The second-order valence-corrected chi connectivity index (χ2v) is 8.97. The SMILES string of the molecule is CCn1c(CNC(=O)c2ccccc2Br)nnc1SCC(=O)Nc1cccc2ccccc12. The molecule has 0 bridgehead atoms. The second kappa shape index (κ2) is 10.6. The second-order valence-electron chi connectivity index (χ2n) is 7.17. The Labute approximate surface area is 204 Å². The first-order chi connectivity index (χ1) is 16.1. The van der Waals surface area contributed by atoms with E-state index in [0.717, 1.165) is 20.9 Å². The average Bonchev–Trinajstić information content (AvgIpc) is 3.23. The number of thioether (sulfide) groups is 1. The van der Waals surface area contributed by atoms with Crippen LogP contribution in [0, 0.1) is 0 Å². The molecule has 2 amide bonds. The van der Waals surface area contributed by atoms with Crippen molar-refractivity contribution in [1.82, 2.24) is 20.1 Å². The first-order valence-corrected chi connectivity index (χ1v) is 12.2. The highest BCUT2D eigenvalue weighted by Crippen LogP contribution is 2.24. The summed E-state index contributed by atoms with van der Waals surface area (Å²) in [5.74, 6) is 0.516. The zero-order valence-corrected chi connectivity index (χ0v) is 20.3. The summed E-state index contributed by atoms with van der Waals surface area (Å²) in [6.07, 6.45) is 0. The summed E-state index contributed by atoms with van der Waals surface area (Å²) >= 11 is 4.71. The predicted molar refractivity (Wildman–Crippen MR) is 134 cm³/mol. The first kappa shape index (κ1) is 23.0. The van der Waals surface area contributed by atoms with Crippen LogP contribution in [0.5, 0.6) is 0 Å². The van der Waals surface area contributed by atoms with Gasteiger partial charge in [-0.15, -0.1) is 10.2 Å². The van der Waals surface area contributed by atoms with Crippen molar-refractivity contribution in [1.29, 1.82) is 0 Å². The molecule has 0 spiro atoms. The van der Waals surface area contributed by atoms with E-state index in [0.29, 0.717) is 23.1 Å². The molecule has 3 aromatic carbocycles. The molecule has 9 heteroatoms. The smallest absolute Gasteiger partial charge is 0.252 e. The lowest BCUT2D eigenvalue weighted by Crippen LogP contribution is -2.25. The number of halogens is 1. The van der Waals surface area contributed by atoms with E-state index in [1.807, 2.05) is 72.2 Å². The maximum Gasteiger partial charge on any atom is 0.252 e. The minimum Gasteiger partial charge on any atom is -0.345 e. The Balaban J connectivity index is 1.37. The molecule has 1 heterocycles. The van der Waals surface area contributed by atoms with Crippen LogP contribution in [-0.4, -0.2) is 32.3 Å². The molecule has 0 saturated heterocycles. The number of rotatable bonds is 8. The van der Waals surface area contributed by atoms with Crippen molar-refractivity contribution in [2.45, 2.75) is 25.2 Å². The molecule has 7 nitrogen and oxygen atoms in total. The maximum absolute atomic E-state index is 12.6. The molecule has 2 N–H and O–H groups in total.